The molecule has 3 amide bonds. The lowest BCUT2D eigenvalue weighted by Crippen LogP contribution is -2.45. The number of benzene rings is 2. The largest absolute Gasteiger partial charge is 0.395 e. The molecule has 3 aromatic rings. The van der Waals surface area contributed by atoms with E-state index in [0.29, 0.717) is 24.3 Å². The Balaban J connectivity index is 2.22. The Labute approximate surface area is 220 Å². The van der Waals surface area contributed by atoms with Gasteiger partial charge in [0.15, 0.2) is 5.69 Å². The van der Waals surface area contributed by atoms with Crippen LogP contribution in [0.25, 0.3) is 0 Å². The second kappa shape index (κ2) is 12.3. The predicted molar refractivity (Wildman–Crippen MR) is 146 cm³/mol. The monoisotopic (exact) mass is 524 g/mol. The minimum Gasteiger partial charge on any atom is -0.395 e. The van der Waals surface area contributed by atoms with Crippen LogP contribution in [0.1, 0.15) is 44.3 Å². The van der Waals surface area contributed by atoms with Gasteiger partial charge in [-0.25, -0.2) is 0 Å². The fourth-order valence-corrected chi connectivity index (χ4v) is 4.64. The van der Waals surface area contributed by atoms with E-state index in [1.807, 2.05) is 62.3 Å². The van der Waals surface area contributed by atoms with Crippen LogP contribution in [-0.4, -0.2) is 56.5 Å². The average Bonchev–Trinajstić information content (AvgIpc) is 3.28. The van der Waals surface area contributed by atoms with Gasteiger partial charge in [0.05, 0.1) is 12.3 Å². The molecule has 0 spiro atoms. The number of nitrogen functional groups attached to an aromatic ring is 1. The van der Waals surface area contributed by atoms with Crippen molar-refractivity contribution in [1.29, 1.82) is 0 Å². The van der Waals surface area contributed by atoms with Crippen molar-refractivity contribution in [2.45, 2.75) is 19.4 Å². The second-order valence-electron chi connectivity index (χ2n) is 8.47. The summed E-state index contributed by atoms with van der Waals surface area (Å²) in [7, 11) is 5.38. The van der Waals surface area contributed by atoms with Crippen molar-refractivity contribution in [3.63, 3.8) is 0 Å². The molecule has 0 aliphatic heterocycles. The maximum Gasteiger partial charge on any atom is 0.273 e. The van der Waals surface area contributed by atoms with E-state index in [9.17, 15) is 14.4 Å². The number of nitrogens with zero attached hydrogens (tertiary/aromatic N) is 3. The number of aryl methyl sites for hydroxylation is 1. The molecule has 0 unspecified atom stereocenters. The number of anilines is 3. The number of nitrogens with two attached hydrogens (primary N) is 2. The summed E-state index contributed by atoms with van der Waals surface area (Å²) in [6, 6.07) is 13.7. The van der Waals surface area contributed by atoms with Crippen LogP contribution in [0.15, 0.2) is 48.5 Å². The summed E-state index contributed by atoms with van der Waals surface area (Å²) in [4.78, 5) is 43.0. The van der Waals surface area contributed by atoms with Crippen molar-refractivity contribution in [2.24, 2.45) is 5.73 Å². The molecule has 3 rings (SSSR count). The summed E-state index contributed by atoms with van der Waals surface area (Å²) in [5.41, 5.74) is 14.2. The van der Waals surface area contributed by atoms with Gasteiger partial charge in [0, 0.05) is 39.1 Å². The number of nitrogens with one attached hydrogen (secondary N) is 1. The third-order valence-corrected chi connectivity index (χ3v) is 6.69. The van der Waals surface area contributed by atoms with Gasteiger partial charge in [0.1, 0.15) is 10.9 Å². The van der Waals surface area contributed by atoms with E-state index >= 15 is 0 Å². The van der Waals surface area contributed by atoms with Crippen molar-refractivity contribution in [1.82, 2.24) is 9.69 Å². The number of methoxy groups -OCH3 is 1. The Morgan fingerprint density at radius 1 is 1.11 bits per heavy atom. The van der Waals surface area contributed by atoms with Crippen LogP contribution in [0.4, 0.5) is 17.1 Å². The van der Waals surface area contributed by atoms with Crippen molar-refractivity contribution < 1.29 is 19.1 Å². The van der Waals surface area contributed by atoms with Crippen LogP contribution in [-0.2, 0) is 16.0 Å². The first kappa shape index (κ1) is 27.6. The van der Waals surface area contributed by atoms with E-state index in [1.165, 1.54) is 4.90 Å². The molecule has 1 heterocycles. The number of carbonyl (C=O) groups excluding carboxylic acids is 3. The molecule has 37 heavy (non-hydrogen) atoms. The smallest absolute Gasteiger partial charge is 0.273 e. The lowest BCUT2D eigenvalue weighted by Gasteiger charge is -2.33. The summed E-state index contributed by atoms with van der Waals surface area (Å²) >= 11 is 0.776. The maximum absolute atomic E-state index is 14.1. The first-order valence-electron chi connectivity index (χ1n) is 11.7. The molecule has 2 aromatic carbocycles. The zero-order valence-corrected chi connectivity index (χ0v) is 22.2. The van der Waals surface area contributed by atoms with Gasteiger partial charge in [0.2, 0.25) is 5.91 Å². The summed E-state index contributed by atoms with van der Waals surface area (Å²) in [5, 5.41) is 2.87. The quantitative estimate of drug-likeness (QED) is 0.327. The van der Waals surface area contributed by atoms with Gasteiger partial charge in [-0.1, -0.05) is 37.3 Å². The highest BCUT2D eigenvalue weighted by atomic mass is 32.1. The van der Waals surface area contributed by atoms with Gasteiger partial charge in [-0.05, 0) is 47.3 Å². The Morgan fingerprint density at radius 3 is 2.35 bits per heavy atom. The highest BCUT2D eigenvalue weighted by Crippen LogP contribution is 2.35. The number of rotatable bonds is 11. The lowest BCUT2D eigenvalue weighted by atomic mass is 10.00. The molecule has 1 aromatic heterocycles. The van der Waals surface area contributed by atoms with E-state index in [2.05, 4.69) is 9.69 Å². The standard InChI is InChI=1S/C26H32N6O4S/c1-5-16-8-6-7-9-19(16)32(26(35)23-20(27)21(24(28)33)30-37-23)22(25(34)29-14-15-36-4)17-10-12-18(13-11-17)31(2)3/h6-13,22H,5,14-15,27H2,1-4H3,(H2,28,33)(H,29,34)/t22-/m0/s1. The number of primary amides is 1. The molecule has 11 heteroatoms. The number of amides is 3. The van der Waals surface area contributed by atoms with E-state index in [1.54, 1.807) is 19.2 Å². The number of aromatic nitrogens is 1. The summed E-state index contributed by atoms with van der Waals surface area (Å²) in [6.45, 7) is 2.53. The average molecular weight is 525 g/mol. The van der Waals surface area contributed by atoms with Crippen LogP contribution in [0.5, 0.6) is 0 Å². The van der Waals surface area contributed by atoms with Crippen molar-refractivity contribution in [3.05, 3.63) is 70.2 Å². The molecule has 0 radical (unpaired) electrons. The maximum atomic E-state index is 14.1. The molecule has 1 atom stereocenters. The molecule has 0 aliphatic rings. The highest BCUT2D eigenvalue weighted by molar-refractivity contribution is 7.09. The minimum absolute atomic E-state index is 0.0271. The highest BCUT2D eigenvalue weighted by Gasteiger charge is 2.36. The second-order valence-corrected chi connectivity index (χ2v) is 9.24. The number of carbonyl (C=O) groups is 3. The van der Waals surface area contributed by atoms with Gasteiger partial charge in [-0.15, -0.1) is 0 Å². The number of hydrogen-bond acceptors (Lipinski definition) is 8. The van der Waals surface area contributed by atoms with Gasteiger partial charge in [-0.3, -0.25) is 19.3 Å². The molecule has 10 nitrogen and oxygen atoms in total. The normalized spacial score (nSPS) is 11.6. The number of ether oxygens (including phenoxy) is 1. The molecule has 0 fully saturated rings. The molecule has 5 N–H and O–H groups in total. The lowest BCUT2D eigenvalue weighted by molar-refractivity contribution is -0.122. The first-order chi connectivity index (χ1) is 17.7. The molecule has 0 saturated heterocycles. The van der Waals surface area contributed by atoms with E-state index < -0.39 is 23.8 Å². The molecule has 0 saturated carbocycles. The Bertz CT molecular complexity index is 1260. The van der Waals surface area contributed by atoms with Crippen molar-refractivity contribution >= 4 is 46.3 Å². The Kier molecular flexibility index (Phi) is 9.20. The van der Waals surface area contributed by atoms with Gasteiger partial charge in [-0.2, -0.15) is 4.37 Å². The van der Waals surface area contributed by atoms with E-state index in [-0.39, 0.29) is 22.8 Å². The first-order valence-corrected chi connectivity index (χ1v) is 12.5. The number of para-hydroxylation sites is 1. The zero-order valence-electron chi connectivity index (χ0n) is 21.4. The van der Waals surface area contributed by atoms with Crippen LogP contribution in [0.3, 0.4) is 0 Å². The summed E-state index contributed by atoms with van der Waals surface area (Å²) in [5.74, 6) is -1.79. The van der Waals surface area contributed by atoms with Gasteiger partial charge < -0.3 is 26.4 Å². The topological polar surface area (TPSA) is 144 Å². The fraction of sp³-hybridized carbons (Fsp3) is 0.308. The van der Waals surface area contributed by atoms with Crippen LogP contribution in [0, 0.1) is 0 Å². The van der Waals surface area contributed by atoms with Gasteiger partial charge in [0.25, 0.3) is 11.8 Å². The molecule has 196 valence electrons. The minimum atomic E-state index is -1.05. The summed E-state index contributed by atoms with van der Waals surface area (Å²) < 4.78 is 9.09. The van der Waals surface area contributed by atoms with Crippen LogP contribution >= 0.6 is 11.5 Å². The van der Waals surface area contributed by atoms with Crippen LogP contribution < -0.4 is 26.6 Å². The SMILES string of the molecule is CCc1ccccc1N(C(=O)c1snc(C(N)=O)c1N)[C@H](C(=O)NCCOC)c1ccc(N(C)C)cc1. The van der Waals surface area contributed by atoms with E-state index in [4.69, 9.17) is 16.2 Å². The predicted octanol–water partition coefficient (Wildman–Crippen LogP) is 2.60. The third kappa shape index (κ3) is 6.07. The molecule has 0 bridgehead atoms. The fourth-order valence-electron chi connectivity index (χ4n) is 3.89. The van der Waals surface area contributed by atoms with Crippen molar-refractivity contribution in [3.8, 4) is 0 Å². The van der Waals surface area contributed by atoms with Gasteiger partial charge >= 0.3 is 0 Å². The van der Waals surface area contributed by atoms with E-state index in [0.717, 1.165) is 22.8 Å². The summed E-state index contributed by atoms with van der Waals surface area (Å²) in [6.07, 6.45) is 0.613. The molecule has 0 aliphatic carbocycles. The molecular weight excluding hydrogens is 492 g/mol. The Morgan fingerprint density at radius 2 is 1.78 bits per heavy atom. The van der Waals surface area contributed by atoms with Crippen molar-refractivity contribution in [2.75, 3.05) is 49.9 Å². The van der Waals surface area contributed by atoms with Crippen LogP contribution in [0.2, 0.25) is 0 Å². The number of hydrogen-bond donors (Lipinski definition) is 3. The third-order valence-electron chi connectivity index (χ3n) is 5.84. The Hall–Kier alpha value is -3.96. The zero-order chi connectivity index (χ0) is 27.1. The molecular formula is C26H32N6O4S.